The Morgan fingerprint density at radius 1 is 1.12 bits per heavy atom. The lowest BCUT2D eigenvalue weighted by Crippen LogP contribution is -2.49. The van der Waals surface area contributed by atoms with Crippen molar-refractivity contribution in [3.05, 3.63) is 58.6 Å². The van der Waals surface area contributed by atoms with Crippen molar-refractivity contribution in [1.82, 2.24) is 10.0 Å². The number of ether oxygens (including phenoxy) is 1. The highest BCUT2D eigenvalue weighted by Crippen LogP contribution is 2.28. The zero-order valence-corrected chi connectivity index (χ0v) is 21.1. The van der Waals surface area contributed by atoms with Crippen LogP contribution in [-0.2, 0) is 26.1 Å². The first-order chi connectivity index (χ1) is 16.1. The van der Waals surface area contributed by atoms with E-state index in [4.69, 9.17) is 26.1 Å². The summed E-state index contributed by atoms with van der Waals surface area (Å²) in [5.74, 6) is 6.07. The summed E-state index contributed by atoms with van der Waals surface area (Å²) in [6.07, 6.45) is 1.54. The smallest absolute Gasteiger partial charge is 0.238 e. The number of carbonyl (C=O) groups is 1. The molecule has 0 radical (unpaired) electrons. The first-order valence-electron chi connectivity index (χ1n) is 10.5. The molecule has 2 N–H and O–H groups in total. The van der Waals surface area contributed by atoms with Crippen molar-refractivity contribution in [2.75, 3.05) is 26.5 Å². The van der Waals surface area contributed by atoms with E-state index in [0.29, 0.717) is 29.5 Å². The van der Waals surface area contributed by atoms with Gasteiger partial charge in [-0.25, -0.2) is 13.1 Å². The van der Waals surface area contributed by atoms with E-state index in [1.165, 1.54) is 7.11 Å². The number of halogens is 1. The molecule has 0 unspecified atom stereocenters. The Hall–Kier alpha value is -2.77. The molecule has 0 bridgehead atoms. The molecular weight excluding hydrogens is 480 g/mol. The second-order valence-corrected chi connectivity index (χ2v) is 10.0. The Balaban J connectivity index is 1.86. The number of benzene rings is 2. The van der Waals surface area contributed by atoms with Gasteiger partial charge in [-0.05, 0) is 54.3 Å². The molecule has 2 aromatic rings. The van der Waals surface area contributed by atoms with Gasteiger partial charge in [-0.15, -0.1) is 0 Å². The van der Waals surface area contributed by atoms with E-state index in [9.17, 15) is 13.2 Å². The minimum Gasteiger partial charge on any atom is -0.493 e. The Labute approximate surface area is 205 Å². The van der Waals surface area contributed by atoms with E-state index in [1.54, 1.807) is 38.1 Å². The zero-order valence-electron chi connectivity index (χ0n) is 19.6. The molecule has 0 aromatic heterocycles. The molecule has 0 saturated carbocycles. The van der Waals surface area contributed by atoms with Gasteiger partial charge in [0.05, 0.1) is 13.4 Å². The Morgan fingerprint density at radius 2 is 1.82 bits per heavy atom. The number of nitrogens with one attached hydrogen (secondary N) is 2. The summed E-state index contributed by atoms with van der Waals surface area (Å²) in [5, 5.41) is 3.41. The lowest BCUT2D eigenvalue weighted by Gasteiger charge is -2.20. The Bertz CT molecular complexity index is 1120. The summed E-state index contributed by atoms with van der Waals surface area (Å²) in [7, 11) is -1.99. The molecule has 1 atom stereocenters. The molecule has 0 aliphatic carbocycles. The van der Waals surface area contributed by atoms with Crippen LogP contribution in [0.1, 0.15) is 25.0 Å². The molecule has 8 nitrogen and oxygen atoms in total. The van der Waals surface area contributed by atoms with Crippen LogP contribution >= 0.6 is 11.6 Å². The van der Waals surface area contributed by atoms with Crippen molar-refractivity contribution in [2.45, 2.75) is 26.3 Å². The number of carbonyl (C=O) groups excluding carboxylic acids is 1. The average molecular weight is 509 g/mol. The Morgan fingerprint density at radius 3 is 2.44 bits per heavy atom. The third kappa shape index (κ3) is 9.61. The molecule has 0 fully saturated rings. The lowest BCUT2D eigenvalue weighted by atomic mass is 10.0. The second kappa shape index (κ2) is 13.2. The van der Waals surface area contributed by atoms with Crippen molar-refractivity contribution in [3.8, 4) is 23.3 Å². The van der Waals surface area contributed by atoms with Crippen LogP contribution in [0.25, 0.3) is 0 Å². The summed E-state index contributed by atoms with van der Waals surface area (Å²) in [6.45, 7) is 3.93. The summed E-state index contributed by atoms with van der Waals surface area (Å²) < 4.78 is 30.7. The summed E-state index contributed by atoms with van der Waals surface area (Å²) in [4.78, 5) is 22.9. The second-order valence-electron chi connectivity index (χ2n) is 7.79. The molecule has 2 aromatic carbocycles. The van der Waals surface area contributed by atoms with Crippen molar-refractivity contribution < 1.29 is 27.7 Å². The average Bonchev–Trinajstić information content (AvgIpc) is 2.78. The van der Waals surface area contributed by atoms with Crippen LogP contribution in [0, 0.1) is 17.8 Å². The highest BCUT2D eigenvalue weighted by molar-refractivity contribution is 7.88. The molecule has 10 heteroatoms. The van der Waals surface area contributed by atoms with Crippen LogP contribution in [0.4, 0.5) is 0 Å². The van der Waals surface area contributed by atoms with E-state index in [-0.39, 0.29) is 18.4 Å². The maximum atomic E-state index is 12.4. The van der Waals surface area contributed by atoms with Gasteiger partial charge < -0.3 is 14.9 Å². The third-order valence-electron chi connectivity index (χ3n) is 4.59. The summed E-state index contributed by atoms with van der Waals surface area (Å²) in [5.41, 5.74) is 1.71. The van der Waals surface area contributed by atoms with Gasteiger partial charge in [0.25, 0.3) is 0 Å². The largest absolute Gasteiger partial charge is 0.493 e. The molecule has 0 spiro atoms. The van der Waals surface area contributed by atoms with Gasteiger partial charge in [-0.1, -0.05) is 43.4 Å². The SMILES string of the molecule is COc1cc(CCNC(=O)[C@@H](NS(C)(=O)=O)C(C)C)ccc1OOCC#Cc1ccc(Cl)cc1. The van der Waals surface area contributed by atoms with Gasteiger partial charge in [0.2, 0.25) is 21.7 Å². The van der Waals surface area contributed by atoms with Gasteiger partial charge in [0.1, 0.15) is 6.04 Å². The minimum absolute atomic E-state index is 0.0537. The van der Waals surface area contributed by atoms with Crippen LogP contribution in [-0.4, -0.2) is 46.9 Å². The van der Waals surface area contributed by atoms with Crippen LogP contribution < -0.4 is 19.7 Å². The van der Waals surface area contributed by atoms with Crippen molar-refractivity contribution in [3.63, 3.8) is 0 Å². The monoisotopic (exact) mass is 508 g/mol. The zero-order chi connectivity index (χ0) is 25.1. The molecule has 184 valence electrons. The van der Waals surface area contributed by atoms with Gasteiger partial charge in [-0.3, -0.25) is 4.79 Å². The van der Waals surface area contributed by atoms with Crippen molar-refractivity contribution in [2.24, 2.45) is 5.92 Å². The quantitative estimate of drug-likeness (QED) is 0.209. The summed E-state index contributed by atoms with van der Waals surface area (Å²) in [6, 6.07) is 11.6. The summed E-state index contributed by atoms with van der Waals surface area (Å²) >= 11 is 5.84. The molecular formula is C24H29ClN2O6S. The van der Waals surface area contributed by atoms with E-state index in [1.807, 2.05) is 18.2 Å². The molecule has 0 heterocycles. The van der Waals surface area contributed by atoms with Gasteiger partial charge in [-0.2, -0.15) is 4.89 Å². The molecule has 34 heavy (non-hydrogen) atoms. The fourth-order valence-electron chi connectivity index (χ4n) is 2.89. The number of hydrogen-bond donors (Lipinski definition) is 2. The maximum absolute atomic E-state index is 12.4. The van der Waals surface area contributed by atoms with E-state index in [0.717, 1.165) is 17.4 Å². The molecule has 0 aliphatic heterocycles. The number of sulfonamides is 1. The fourth-order valence-corrected chi connectivity index (χ4v) is 3.86. The van der Waals surface area contributed by atoms with Crippen LogP contribution in [0.5, 0.6) is 11.5 Å². The number of rotatable bonds is 11. The maximum Gasteiger partial charge on any atom is 0.238 e. The molecule has 0 saturated heterocycles. The van der Waals surface area contributed by atoms with Gasteiger partial charge >= 0.3 is 0 Å². The van der Waals surface area contributed by atoms with E-state index < -0.39 is 16.1 Å². The predicted molar refractivity (Wildman–Crippen MR) is 131 cm³/mol. The number of methoxy groups -OCH3 is 1. The topological polar surface area (TPSA) is 103 Å². The molecule has 0 aliphatic rings. The predicted octanol–water partition coefficient (Wildman–Crippen LogP) is 2.94. The van der Waals surface area contributed by atoms with Crippen molar-refractivity contribution in [1.29, 1.82) is 0 Å². The van der Waals surface area contributed by atoms with Crippen LogP contribution in [0.3, 0.4) is 0 Å². The lowest BCUT2D eigenvalue weighted by molar-refractivity contribution is -0.194. The first-order valence-corrected chi connectivity index (χ1v) is 12.8. The Kier molecular flexibility index (Phi) is 10.7. The highest BCUT2D eigenvalue weighted by Gasteiger charge is 2.24. The number of amides is 1. The number of hydrogen-bond acceptors (Lipinski definition) is 6. The molecule has 2 rings (SSSR count). The van der Waals surface area contributed by atoms with Gasteiger partial charge in [0.15, 0.2) is 12.4 Å². The van der Waals surface area contributed by atoms with Crippen LogP contribution in [0.2, 0.25) is 5.02 Å². The normalized spacial score (nSPS) is 11.9. The third-order valence-corrected chi connectivity index (χ3v) is 5.52. The van der Waals surface area contributed by atoms with E-state index >= 15 is 0 Å². The minimum atomic E-state index is -3.50. The highest BCUT2D eigenvalue weighted by atomic mass is 35.5. The standard InChI is InChI=1S/C24H29ClN2O6S/c1-17(2)23(27-34(4,29)30)24(28)26-14-13-19-9-12-21(22(16-19)31-3)33-32-15-5-6-18-7-10-20(25)11-8-18/h7-12,16-17,23,27H,13-15H2,1-4H3,(H,26,28)/t23-/m0/s1. The van der Waals surface area contributed by atoms with E-state index in [2.05, 4.69) is 21.9 Å². The molecule has 1 amide bonds. The van der Waals surface area contributed by atoms with Crippen molar-refractivity contribution >= 4 is 27.5 Å². The van der Waals surface area contributed by atoms with Gasteiger partial charge in [0, 0.05) is 17.1 Å². The first kappa shape index (κ1) is 27.5. The van der Waals surface area contributed by atoms with Crippen LogP contribution in [0.15, 0.2) is 42.5 Å². The fraction of sp³-hybridized carbons (Fsp3) is 0.375.